The van der Waals surface area contributed by atoms with E-state index >= 15 is 0 Å². The molecule has 1 aliphatic rings. The first-order valence-corrected chi connectivity index (χ1v) is 18.7. The number of rotatable bonds is 15. The molecule has 1 aliphatic heterocycles. The summed E-state index contributed by atoms with van der Waals surface area (Å²) in [7, 11) is -10.8. The van der Waals surface area contributed by atoms with E-state index in [9.17, 15) is 37.1 Å². The van der Waals surface area contributed by atoms with Gasteiger partial charge in [-0.05, 0) is 18.4 Å². The van der Waals surface area contributed by atoms with Gasteiger partial charge >= 0.3 is 27.9 Å². The van der Waals surface area contributed by atoms with Gasteiger partial charge in [-0.15, -0.1) is 0 Å². The van der Waals surface area contributed by atoms with Gasteiger partial charge in [0.2, 0.25) is 0 Å². The molecule has 0 spiro atoms. The lowest BCUT2D eigenvalue weighted by Gasteiger charge is -2.22. The van der Waals surface area contributed by atoms with Gasteiger partial charge < -0.3 is 34.6 Å². The fourth-order valence-corrected chi connectivity index (χ4v) is 6.85. The van der Waals surface area contributed by atoms with Crippen LogP contribution >= 0.6 is 39.2 Å². The average Bonchev–Trinajstić information content (AvgIpc) is 3.51. The third-order valence-electron chi connectivity index (χ3n) is 6.08. The van der Waals surface area contributed by atoms with E-state index in [1.54, 1.807) is 30.3 Å². The van der Waals surface area contributed by atoms with E-state index in [1.165, 1.54) is 22.7 Å². The predicted molar refractivity (Wildman–Crippen MR) is 163 cm³/mol. The van der Waals surface area contributed by atoms with E-state index in [1.807, 2.05) is 6.26 Å². The van der Waals surface area contributed by atoms with Gasteiger partial charge in [0.05, 0.1) is 19.4 Å². The number of phosphoric ester groups is 1. The number of aliphatic hydroxyl groups excluding tert-OH is 1. The number of carbonyl (C=O) groups is 1. The van der Waals surface area contributed by atoms with Crippen molar-refractivity contribution in [1.82, 2.24) is 19.5 Å². The number of ether oxygens (including phenoxy) is 2. The number of imidazole rings is 1. The Morgan fingerprint density at radius 3 is 2.53 bits per heavy atom. The lowest BCUT2D eigenvalue weighted by molar-refractivity contribution is -0.129. The number of aliphatic hydroxyl groups is 1. The number of nitrogens with zero attached hydrogens (tertiary/aromatic N) is 4. The van der Waals surface area contributed by atoms with Gasteiger partial charge in [0.25, 0.3) is 0 Å². The molecule has 6 N–H and O–H groups in total. The van der Waals surface area contributed by atoms with Gasteiger partial charge in [0.15, 0.2) is 34.5 Å². The molecule has 24 heteroatoms. The largest absolute Gasteiger partial charge is 0.481 e. The number of para-hydroxylation sites is 1. The summed E-state index contributed by atoms with van der Waals surface area (Å²) in [5.41, 5.74) is 0.501. The number of carbonyl (C=O) groups excluding carboxylic acids is 1. The minimum absolute atomic E-state index is 0.00894. The van der Waals surface area contributed by atoms with Crippen LogP contribution in [0.25, 0.3) is 11.2 Å². The molecule has 260 valence electrons. The van der Waals surface area contributed by atoms with Crippen LogP contribution in [0, 0.1) is 0 Å². The summed E-state index contributed by atoms with van der Waals surface area (Å²) in [4.78, 5) is 53.3. The van der Waals surface area contributed by atoms with Crippen molar-refractivity contribution >= 4 is 67.9 Å². The first-order valence-electron chi connectivity index (χ1n) is 13.3. The van der Waals surface area contributed by atoms with Crippen molar-refractivity contribution in [3.63, 3.8) is 0 Å². The quantitative estimate of drug-likeness (QED) is 0.0562. The zero-order valence-corrected chi connectivity index (χ0v) is 27.5. The Kier molecular flexibility index (Phi) is 12.6. The van der Waals surface area contributed by atoms with Crippen LogP contribution in [0.5, 0.6) is 0 Å². The number of amides is 1. The van der Waals surface area contributed by atoms with Crippen LogP contribution in [0.1, 0.15) is 12.6 Å². The normalized spacial score (nSPS) is 21.4. The maximum atomic E-state index is 12.8. The molecule has 0 aliphatic carbocycles. The second-order valence-electron chi connectivity index (χ2n) is 9.57. The molecule has 2 aromatic heterocycles. The molecule has 0 radical (unpaired) electrons. The number of hydrogen-bond donors (Lipinski definition) is 6. The molecule has 3 heterocycles. The zero-order valence-electron chi connectivity index (χ0n) is 24.1. The second-order valence-corrected chi connectivity index (χ2v) is 14.4. The molecule has 1 amide bonds. The first kappa shape index (κ1) is 37.3. The number of thioether (sulfide) groups is 2. The highest BCUT2D eigenvalue weighted by molar-refractivity contribution is 7.99. The van der Waals surface area contributed by atoms with Gasteiger partial charge in [0.1, 0.15) is 12.2 Å². The van der Waals surface area contributed by atoms with Gasteiger partial charge in [-0.1, -0.05) is 30.0 Å². The lowest BCUT2D eigenvalue weighted by atomic mass is 10.1. The third kappa shape index (κ3) is 11.0. The number of anilines is 2. The van der Waals surface area contributed by atoms with Crippen molar-refractivity contribution in [2.24, 2.45) is 0 Å². The summed E-state index contributed by atoms with van der Waals surface area (Å²) < 4.78 is 82.5. The fourth-order valence-electron chi connectivity index (χ4n) is 4.13. The van der Waals surface area contributed by atoms with Crippen LogP contribution in [0.2, 0.25) is 0 Å². The van der Waals surface area contributed by atoms with Crippen molar-refractivity contribution in [2.75, 3.05) is 41.5 Å². The van der Waals surface area contributed by atoms with E-state index in [2.05, 4.69) is 34.4 Å². The second kappa shape index (κ2) is 15.8. The molecule has 0 saturated carbocycles. The first-order chi connectivity index (χ1) is 22.0. The van der Waals surface area contributed by atoms with E-state index in [4.69, 9.17) is 19.3 Å². The van der Waals surface area contributed by atoms with Crippen molar-refractivity contribution in [3.8, 4) is 0 Å². The molecule has 1 fully saturated rings. The molecule has 17 nitrogen and oxygen atoms in total. The van der Waals surface area contributed by atoms with Crippen LogP contribution in [0.4, 0.5) is 29.5 Å². The van der Waals surface area contributed by atoms with Gasteiger partial charge in [0, 0.05) is 23.7 Å². The molecule has 47 heavy (non-hydrogen) atoms. The highest BCUT2D eigenvalue weighted by atomic mass is 32.2. The summed E-state index contributed by atoms with van der Waals surface area (Å²) in [5, 5.41) is 16.6. The highest BCUT2D eigenvalue weighted by Gasteiger charge is 2.49. The van der Waals surface area contributed by atoms with E-state index in [0.717, 1.165) is 11.8 Å². The Labute approximate surface area is 272 Å². The average molecular weight is 749 g/mol. The summed E-state index contributed by atoms with van der Waals surface area (Å²) in [5.74, 6) is 0.440. The maximum absolute atomic E-state index is 12.8. The van der Waals surface area contributed by atoms with Gasteiger partial charge in [-0.3, -0.25) is 14.4 Å². The van der Waals surface area contributed by atoms with Crippen LogP contribution in [-0.4, -0.2) is 101 Å². The van der Waals surface area contributed by atoms with E-state index in [0.29, 0.717) is 18.0 Å². The highest BCUT2D eigenvalue weighted by Crippen LogP contribution is 2.57. The summed E-state index contributed by atoms with van der Waals surface area (Å²) in [6.07, 6.45) is -9.90. The number of benzene rings is 1. The molecular weight excluding hydrogens is 719 g/mol. The Morgan fingerprint density at radius 1 is 1.15 bits per heavy atom. The summed E-state index contributed by atoms with van der Waals surface area (Å²) in [6.45, 7) is -0.568. The van der Waals surface area contributed by atoms with Crippen molar-refractivity contribution in [3.05, 3.63) is 36.7 Å². The number of halogens is 3. The number of alkyl halides is 3. The molecule has 3 aromatic rings. The van der Waals surface area contributed by atoms with Gasteiger partial charge in [-0.25, -0.2) is 28.9 Å². The van der Waals surface area contributed by atoms with Crippen LogP contribution in [0.3, 0.4) is 0 Å². The predicted octanol–water partition coefficient (Wildman–Crippen LogP) is 3.75. The van der Waals surface area contributed by atoms with E-state index < -0.39 is 71.2 Å². The minimum Gasteiger partial charge on any atom is -0.438 e. The zero-order chi connectivity index (χ0) is 34.4. The molecule has 4 rings (SSSR count). The van der Waals surface area contributed by atoms with Crippen molar-refractivity contribution < 1.29 is 65.2 Å². The Bertz CT molecular complexity index is 1620. The topological polar surface area (TPSA) is 237 Å². The smallest absolute Gasteiger partial charge is 0.438 e. The number of aromatic nitrogens is 4. The van der Waals surface area contributed by atoms with Crippen LogP contribution in [0.15, 0.2) is 41.8 Å². The van der Waals surface area contributed by atoms with Crippen molar-refractivity contribution in [2.45, 2.75) is 42.3 Å². The van der Waals surface area contributed by atoms with Crippen LogP contribution in [-0.2, 0) is 27.4 Å². The summed E-state index contributed by atoms with van der Waals surface area (Å²) in [6, 6.07) is 8.09. The van der Waals surface area contributed by atoms with Gasteiger partial charge in [-0.2, -0.15) is 29.2 Å². The number of nitrogens with one attached hydrogen (secondary N) is 2. The molecule has 0 bridgehead atoms. The van der Waals surface area contributed by atoms with Crippen LogP contribution < -0.4 is 10.6 Å². The molecule has 1 aromatic carbocycles. The third-order valence-corrected chi connectivity index (χ3v) is 9.69. The number of fused-ring (bicyclic) bond motifs is 1. The maximum Gasteiger partial charge on any atom is 0.481 e. The lowest BCUT2D eigenvalue weighted by Crippen LogP contribution is -2.38. The minimum atomic E-state index is -5.46. The number of phosphoric acid groups is 2. The fraction of sp³-hybridized carbons (Fsp3) is 0.478. The van der Waals surface area contributed by atoms with E-state index in [-0.39, 0.29) is 22.1 Å². The molecule has 1 saturated heterocycles. The molecular formula is C23H29F3N6O11P2S2. The number of hydrogen-bond acceptors (Lipinski definition) is 14. The molecule has 5 unspecified atom stereocenters. The Morgan fingerprint density at radius 2 is 1.87 bits per heavy atom. The van der Waals surface area contributed by atoms with Crippen molar-refractivity contribution in [1.29, 1.82) is 0 Å². The Hall–Kier alpha value is -2.49. The SMILES string of the molecule is CSCCNc1nc(SCCC(F)(F)F)nc2c1ncn2C1OC(COP(=O)(O)OP(=O)(O)O)C(O)C1OC(=O)Nc1ccccc1. The standard InChI is InChI=1S/C23H29F3N6O11P2S2/c1-46-10-8-27-18-15-19(31-21(30-18)47-9-7-23(24,25)26)32(12-28-15)20-17(42-22(34)29-13-5-3-2-4-6-13)16(33)14(41-20)11-40-45(38,39)43-44(35,36)37/h2-6,12,14,16-17,20,33H,7-11H2,1H3,(H,29,34)(H,38,39)(H,27,30,31)(H2,35,36,37). The molecule has 5 atom stereocenters. The Balaban J connectivity index is 1.67. The monoisotopic (exact) mass is 748 g/mol. The summed E-state index contributed by atoms with van der Waals surface area (Å²) >= 11 is 2.25.